The van der Waals surface area contributed by atoms with Gasteiger partial charge in [0.15, 0.2) is 0 Å². The molecule has 3 heteroatoms. The van der Waals surface area contributed by atoms with Crippen molar-refractivity contribution in [3.8, 4) is 0 Å². The second-order valence-electron chi connectivity index (χ2n) is 5.81. The molecule has 0 bridgehead atoms. The standard InChI is InChI=1S/C18H19N3/c1-2-9-19-17(3-1)13-21-10-8-15-5-4-14(11-18(15)21)12-20-16-6-7-16/h1-5,8-11,16,20H,6-7,12-13H2. The number of nitrogens with one attached hydrogen (secondary N) is 1. The number of hydrogen-bond acceptors (Lipinski definition) is 2. The molecule has 3 aromatic rings. The highest BCUT2D eigenvalue weighted by Gasteiger charge is 2.19. The SMILES string of the molecule is c1ccc(Cn2ccc3ccc(CNC4CC4)cc32)nc1. The normalized spacial score (nSPS) is 14.7. The number of benzene rings is 1. The molecule has 0 radical (unpaired) electrons. The van der Waals surface area contributed by atoms with Crippen molar-refractivity contribution in [1.29, 1.82) is 0 Å². The lowest BCUT2D eigenvalue weighted by Gasteiger charge is -2.07. The molecule has 0 atom stereocenters. The van der Waals surface area contributed by atoms with Crippen molar-refractivity contribution in [2.75, 3.05) is 0 Å². The van der Waals surface area contributed by atoms with Crippen molar-refractivity contribution >= 4 is 10.9 Å². The topological polar surface area (TPSA) is 29.9 Å². The molecule has 0 saturated heterocycles. The fourth-order valence-electron chi connectivity index (χ4n) is 2.69. The number of hydrogen-bond donors (Lipinski definition) is 1. The molecule has 106 valence electrons. The van der Waals surface area contributed by atoms with Crippen LogP contribution in [0.15, 0.2) is 54.9 Å². The van der Waals surface area contributed by atoms with Crippen LogP contribution < -0.4 is 5.32 Å². The molecule has 0 aliphatic heterocycles. The average Bonchev–Trinajstić information content (AvgIpc) is 3.28. The Morgan fingerprint density at radius 1 is 1.14 bits per heavy atom. The van der Waals surface area contributed by atoms with Gasteiger partial charge in [0.1, 0.15) is 0 Å². The van der Waals surface area contributed by atoms with Gasteiger partial charge in [0.25, 0.3) is 0 Å². The highest BCUT2D eigenvalue weighted by atomic mass is 15.0. The van der Waals surface area contributed by atoms with Crippen LogP contribution in [0.2, 0.25) is 0 Å². The van der Waals surface area contributed by atoms with Crippen LogP contribution in [0.5, 0.6) is 0 Å². The molecule has 1 aliphatic carbocycles. The summed E-state index contributed by atoms with van der Waals surface area (Å²) in [4.78, 5) is 4.42. The Balaban J connectivity index is 1.60. The van der Waals surface area contributed by atoms with Crippen LogP contribution in [0.1, 0.15) is 24.1 Å². The summed E-state index contributed by atoms with van der Waals surface area (Å²) in [6.45, 7) is 1.79. The zero-order valence-corrected chi connectivity index (χ0v) is 12.0. The summed E-state index contributed by atoms with van der Waals surface area (Å²) in [6.07, 6.45) is 6.67. The largest absolute Gasteiger partial charge is 0.341 e. The molecule has 0 spiro atoms. The lowest BCUT2D eigenvalue weighted by Crippen LogP contribution is -2.15. The first kappa shape index (κ1) is 12.6. The van der Waals surface area contributed by atoms with E-state index in [9.17, 15) is 0 Å². The number of rotatable bonds is 5. The fraction of sp³-hybridized carbons (Fsp3) is 0.278. The van der Waals surface area contributed by atoms with Crippen molar-refractivity contribution in [1.82, 2.24) is 14.9 Å². The molecule has 0 amide bonds. The first-order chi connectivity index (χ1) is 10.4. The number of aromatic nitrogens is 2. The average molecular weight is 277 g/mol. The Labute approximate surface area is 124 Å². The molecule has 0 unspecified atom stereocenters. The third-order valence-corrected chi connectivity index (χ3v) is 4.07. The monoisotopic (exact) mass is 277 g/mol. The second kappa shape index (κ2) is 5.34. The Hall–Kier alpha value is -2.13. The summed E-state index contributed by atoms with van der Waals surface area (Å²) in [5, 5.41) is 4.87. The second-order valence-corrected chi connectivity index (χ2v) is 5.81. The molecule has 21 heavy (non-hydrogen) atoms. The van der Waals surface area contributed by atoms with Crippen molar-refractivity contribution in [2.24, 2.45) is 0 Å². The van der Waals surface area contributed by atoms with E-state index in [2.05, 4.69) is 51.4 Å². The van der Waals surface area contributed by atoms with Crippen LogP contribution in [-0.2, 0) is 13.1 Å². The van der Waals surface area contributed by atoms with Gasteiger partial charge in [-0.3, -0.25) is 4.98 Å². The minimum atomic E-state index is 0.751. The van der Waals surface area contributed by atoms with Gasteiger partial charge in [-0.25, -0.2) is 0 Å². The van der Waals surface area contributed by atoms with Crippen LogP contribution in [-0.4, -0.2) is 15.6 Å². The number of fused-ring (bicyclic) bond motifs is 1. The van der Waals surface area contributed by atoms with E-state index in [1.807, 2.05) is 18.3 Å². The highest BCUT2D eigenvalue weighted by Crippen LogP contribution is 2.21. The Kier molecular flexibility index (Phi) is 3.20. The third-order valence-electron chi connectivity index (χ3n) is 4.07. The number of nitrogens with zero attached hydrogens (tertiary/aromatic N) is 2. The fourth-order valence-corrected chi connectivity index (χ4v) is 2.69. The maximum Gasteiger partial charge on any atom is 0.0648 e. The van der Waals surface area contributed by atoms with E-state index < -0.39 is 0 Å². The van der Waals surface area contributed by atoms with E-state index in [1.54, 1.807) is 0 Å². The van der Waals surface area contributed by atoms with E-state index in [-0.39, 0.29) is 0 Å². The highest BCUT2D eigenvalue weighted by molar-refractivity contribution is 5.80. The van der Waals surface area contributed by atoms with Gasteiger partial charge in [0, 0.05) is 30.5 Å². The van der Waals surface area contributed by atoms with E-state index >= 15 is 0 Å². The molecular weight excluding hydrogens is 258 g/mol. The third kappa shape index (κ3) is 2.83. The molecule has 1 N–H and O–H groups in total. The Morgan fingerprint density at radius 3 is 2.90 bits per heavy atom. The van der Waals surface area contributed by atoms with E-state index in [0.29, 0.717) is 0 Å². The lowest BCUT2D eigenvalue weighted by molar-refractivity contribution is 0.688. The van der Waals surface area contributed by atoms with Gasteiger partial charge in [-0.15, -0.1) is 0 Å². The maximum atomic E-state index is 4.42. The zero-order valence-electron chi connectivity index (χ0n) is 12.0. The summed E-state index contributed by atoms with van der Waals surface area (Å²) in [5.41, 5.74) is 3.74. The smallest absolute Gasteiger partial charge is 0.0648 e. The van der Waals surface area contributed by atoms with Crippen molar-refractivity contribution in [3.63, 3.8) is 0 Å². The summed E-state index contributed by atoms with van der Waals surface area (Å²) in [7, 11) is 0. The zero-order chi connectivity index (χ0) is 14.1. The molecule has 3 nitrogen and oxygen atoms in total. The van der Waals surface area contributed by atoms with Crippen LogP contribution in [0.3, 0.4) is 0 Å². The molecule has 2 aromatic heterocycles. The van der Waals surface area contributed by atoms with Crippen molar-refractivity contribution in [3.05, 3.63) is 66.1 Å². The molecule has 1 fully saturated rings. The van der Waals surface area contributed by atoms with Crippen LogP contribution in [0.4, 0.5) is 0 Å². The number of pyridine rings is 1. The molecular formula is C18H19N3. The van der Waals surface area contributed by atoms with Gasteiger partial charge in [0.2, 0.25) is 0 Å². The Bertz CT molecular complexity index is 742. The van der Waals surface area contributed by atoms with Gasteiger partial charge >= 0.3 is 0 Å². The van der Waals surface area contributed by atoms with E-state index in [4.69, 9.17) is 0 Å². The van der Waals surface area contributed by atoms with Crippen molar-refractivity contribution < 1.29 is 0 Å². The molecule has 4 rings (SSSR count). The van der Waals surface area contributed by atoms with E-state index in [0.717, 1.165) is 24.8 Å². The van der Waals surface area contributed by atoms with Gasteiger partial charge < -0.3 is 9.88 Å². The van der Waals surface area contributed by atoms with Crippen molar-refractivity contribution in [2.45, 2.75) is 32.0 Å². The first-order valence-electron chi connectivity index (χ1n) is 7.59. The lowest BCUT2D eigenvalue weighted by atomic mass is 10.1. The predicted molar refractivity (Wildman–Crippen MR) is 85.1 cm³/mol. The first-order valence-corrected chi connectivity index (χ1v) is 7.59. The van der Waals surface area contributed by atoms with Crippen LogP contribution in [0, 0.1) is 0 Å². The summed E-state index contributed by atoms with van der Waals surface area (Å²) in [5.74, 6) is 0. The molecule has 1 aliphatic rings. The summed E-state index contributed by atoms with van der Waals surface area (Å²) >= 11 is 0. The predicted octanol–water partition coefficient (Wildman–Crippen LogP) is 3.34. The van der Waals surface area contributed by atoms with Crippen LogP contribution >= 0.6 is 0 Å². The minimum Gasteiger partial charge on any atom is -0.341 e. The molecule has 2 heterocycles. The van der Waals surface area contributed by atoms with E-state index in [1.165, 1.54) is 29.3 Å². The van der Waals surface area contributed by atoms with Gasteiger partial charge in [-0.2, -0.15) is 0 Å². The minimum absolute atomic E-state index is 0.751. The summed E-state index contributed by atoms with van der Waals surface area (Å²) < 4.78 is 2.28. The molecule has 1 aromatic carbocycles. The quantitative estimate of drug-likeness (QED) is 0.775. The summed E-state index contributed by atoms with van der Waals surface area (Å²) in [6, 6.07) is 15.7. The van der Waals surface area contributed by atoms with Gasteiger partial charge in [-0.05, 0) is 48.1 Å². The molecule has 1 saturated carbocycles. The van der Waals surface area contributed by atoms with Gasteiger partial charge in [0.05, 0.1) is 12.2 Å². The Morgan fingerprint density at radius 2 is 2.10 bits per heavy atom. The van der Waals surface area contributed by atoms with Gasteiger partial charge in [-0.1, -0.05) is 18.2 Å². The maximum absolute atomic E-state index is 4.42. The van der Waals surface area contributed by atoms with Crippen LogP contribution in [0.25, 0.3) is 10.9 Å².